The number of rotatable bonds is 8. The van der Waals surface area contributed by atoms with Crippen LogP contribution in [0.4, 0.5) is 20.2 Å². The number of carbonyl (C=O) groups is 1. The fraction of sp³-hybridized carbons (Fsp3) is 0.286. The molecule has 2 saturated heterocycles. The summed E-state index contributed by atoms with van der Waals surface area (Å²) in [6.45, 7) is 9.08. The lowest BCUT2D eigenvalue weighted by Gasteiger charge is -2.36. The monoisotopic (exact) mass is 566 g/mol. The largest absolute Gasteiger partial charge is 0.369 e. The summed E-state index contributed by atoms with van der Waals surface area (Å²) in [5.41, 5.74) is 5.91. The summed E-state index contributed by atoms with van der Waals surface area (Å²) >= 11 is 0. The molecule has 2 aliphatic heterocycles. The van der Waals surface area contributed by atoms with E-state index in [9.17, 15) is 13.6 Å². The Morgan fingerprint density at radius 2 is 0.810 bits per heavy atom. The summed E-state index contributed by atoms with van der Waals surface area (Å²) < 4.78 is 26.5. The van der Waals surface area contributed by atoms with E-state index in [2.05, 4.69) is 43.9 Å². The van der Waals surface area contributed by atoms with Gasteiger partial charge in [0.25, 0.3) is 0 Å². The molecule has 0 aromatic heterocycles. The van der Waals surface area contributed by atoms with Crippen LogP contribution in [0.15, 0.2) is 97.1 Å². The van der Waals surface area contributed by atoms with Crippen molar-refractivity contribution >= 4 is 17.2 Å². The van der Waals surface area contributed by atoms with Crippen molar-refractivity contribution in [2.24, 2.45) is 0 Å². The number of halogens is 2. The molecule has 6 rings (SSSR count). The van der Waals surface area contributed by atoms with Gasteiger partial charge >= 0.3 is 0 Å². The molecule has 2 heterocycles. The van der Waals surface area contributed by atoms with E-state index in [4.69, 9.17) is 0 Å². The van der Waals surface area contributed by atoms with Crippen LogP contribution in [0.3, 0.4) is 0 Å². The SMILES string of the molecule is O=C(c1ccc(CN2CCN(c3ccc(F)cc3)CC2)cc1)c1ccc(CN2CCN(c3ccc(F)cc3)CC2)cc1. The minimum atomic E-state index is -0.206. The van der Waals surface area contributed by atoms with Crippen molar-refractivity contribution in [2.45, 2.75) is 13.1 Å². The highest BCUT2D eigenvalue weighted by atomic mass is 19.1. The van der Waals surface area contributed by atoms with Crippen LogP contribution in [0.25, 0.3) is 0 Å². The molecule has 0 atom stereocenters. The molecule has 0 amide bonds. The van der Waals surface area contributed by atoms with Gasteiger partial charge in [-0.3, -0.25) is 14.6 Å². The number of hydrogen-bond acceptors (Lipinski definition) is 5. The zero-order valence-electron chi connectivity index (χ0n) is 23.8. The van der Waals surface area contributed by atoms with Gasteiger partial charge in [-0.15, -0.1) is 0 Å². The summed E-state index contributed by atoms with van der Waals surface area (Å²) in [6, 6.07) is 29.4. The van der Waals surface area contributed by atoms with E-state index in [0.717, 1.165) is 76.8 Å². The Kier molecular flexibility index (Phi) is 8.58. The summed E-state index contributed by atoms with van der Waals surface area (Å²) in [5, 5.41) is 0. The van der Waals surface area contributed by atoms with Crippen molar-refractivity contribution in [1.29, 1.82) is 0 Å². The molecule has 2 aliphatic rings. The summed E-state index contributed by atoms with van der Waals surface area (Å²) in [4.78, 5) is 22.6. The van der Waals surface area contributed by atoms with E-state index < -0.39 is 0 Å². The number of anilines is 2. The van der Waals surface area contributed by atoms with Crippen molar-refractivity contribution in [1.82, 2.24) is 9.80 Å². The molecule has 0 bridgehead atoms. The van der Waals surface area contributed by atoms with E-state index >= 15 is 0 Å². The van der Waals surface area contributed by atoms with Gasteiger partial charge in [0.05, 0.1) is 0 Å². The molecular weight excluding hydrogens is 530 g/mol. The summed E-state index contributed by atoms with van der Waals surface area (Å²) in [5.74, 6) is -0.377. The predicted molar refractivity (Wildman–Crippen MR) is 164 cm³/mol. The Morgan fingerprint density at radius 3 is 1.14 bits per heavy atom. The van der Waals surface area contributed by atoms with E-state index in [1.54, 1.807) is 0 Å². The van der Waals surface area contributed by atoms with E-state index in [1.165, 1.54) is 35.4 Å². The van der Waals surface area contributed by atoms with Crippen molar-refractivity contribution in [3.8, 4) is 0 Å². The van der Waals surface area contributed by atoms with Gasteiger partial charge in [-0.25, -0.2) is 8.78 Å². The van der Waals surface area contributed by atoms with Crippen LogP contribution in [-0.4, -0.2) is 67.9 Å². The van der Waals surface area contributed by atoms with Crippen LogP contribution >= 0.6 is 0 Å². The Bertz CT molecular complexity index is 1340. The third-order valence-electron chi connectivity index (χ3n) is 8.37. The van der Waals surface area contributed by atoms with Gasteiger partial charge in [-0.05, 0) is 59.7 Å². The third kappa shape index (κ3) is 6.86. The van der Waals surface area contributed by atoms with Gasteiger partial charge in [0.1, 0.15) is 11.6 Å². The van der Waals surface area contributed by atoms with Gasteiger partial charge in [-0.2, -0.15) is 0 Å². The molecule has 2 fully saturated rings. The van der Waals surface area contributed by atoms with Crippen molar-refractivity contribution in [3.05, 3.63) is 131 Å². The van der Waals surface area contributed by atoms with Crippen LogP contribution in [0.2, 0.25) is 0 Å². The highest BCUT2D eigenvalue weighted by Gasteiger charge is 2.19. The van der Waals surface area contributed by atoms with Crippen LogP contribution in [0.1, 0.15) is 27.0 Å². The maximum absolute atomic E-state index is 13.2. The molecule has 0 radical (unpaired) electrons. The van der Waals surface area contributed by atoms with Gasteiger partial charge in [0.2, 0.25) is 0 Å². The van der Waals surface area contributed by atoms with Gasteiger partial charge in [-0.1, -0.05) is 48.5 Å². The van der Waals surface area contributed by atoms with Gasteiger partial charge in [0, 0.05) is 87.9 Å². The molecule has 0 unspecified atom stereocenters. The van der Waals surface area contributed by atoms with E-state index in [1.807, 2.05) is 48.5 Å². The van der Waals surface area contributed by atoms with Crippen LogP contribution in [0.5, 0.6) is 0 Å². The second kappa shape index (κ2) is 12.8. The number of nitrogens with zero attached hydrogens (tertiary/aromatic N) is 4. The molecule has 216 valence electrons. The van der Waals surface area contributed by atoms with Gasteiger partial charge in [0.15, 0.2) is 5.78 Å². The molecule has 0 spiro atoms. The smallest absolute Gasteiger partial charge is 0.193 e. The summed E-state index contributed by atoms with van der Waals surface area (Å²) in [7, 11) is 0. The Labute approximate surface area is 246 Å². The first-order valence-corrected chi connectivity index (χ1v) is 14.7. The van der Waals surface area contributed by atoms with E-state index in [-0.39, 0.29) is 17.4 Å². The molecule has 0 N–H and O–H groups in total. The molecule has 5 nitrogen and oxygen atoms in total. The maximum Gasteiger partial charge on any atom is 0.193 e. The second-order valence-corrected chi connectivity index (χ2v) is 11.2. The number of benzene rings is 4. The molecule has 42 heavy (non-hydrogen) atoms. The molecule has 0 saturated carbocycles. The third-order valence-corrected chi connectivity index (χ3v) is 8.37. The second-order valence-electron chi connectivity index (χ2n) is 11.2. The predicted octanol–water partition coefficient (Wildman–Crippen LogP) is 5.84. The Morgan fingerprint density at radius 1 is 0.476 bits per heavy atom. The minimum Gasteiger partial charge on any atom is -0.369 e. The van der Waals surface area contributed by atoms with Crippen LogP contribution < -0.4 is 9.80 Å². The fourth-order valence-corrected chi connectivity index (χ4v) is 5.84. The average molecular weight is 567 g/mol. The highest BCUT2D eigenvalue weighted by Crippen LogP contribution is 2.20. The normalized spacial score (nSPS) is 16.5. The van der Waals surface area contributed by atoms with Crippen molar-refractivity contribution < 1.29 is 13.6 Å². The van der Waals surface area contributed by atoms with Crippen molar-refractivity contribution in [2.75, 3.05) is 62.2 Å². The fourth-order valence-electron chi connectivity index (χ4n) is 5.84. The molecular formula is C35H36F2N4O. The average Bonchev–Trinajstić information content (AvgIpc) is 3.03. The van der Waals surface area contributed by atoms with E-state index in [0.29, 0.717) is 11.1 Å². The number of carbonyl (C=O) groups excluding carboxylic acids is 1. The lowest BCUT2D eigenvalue weighted by molar-refractivity contribution is 0.103. The Balaban J connectivity index is 0.968. The molecule has 4 aromatic carbocycles. The first kappa shape index (κ1) is 28.1. The molecule has 0 aliphatic carbocycles. The number of piperazine rings is 2. The molecule has 4 aromatic rings. The van der Waals surface area contributed by atoms with Crippen LogP contribution in [-0.2, 0) is 13.1 Å². The number of hydrogen-bond donors (Lipinski definition) is 0. The van der Waals surface area contributed by atoms with Crippen LogP contribution in [0, 0.1) is 11.6 Å². The molecule has 7 heteroatoms. The highest BCUT2D eigenvalue weighted by molar-refractivity contribution is 6.09. The minimum absolute atomic E-state index is 0.0360. The first-order valence-electron chi connectivity index (χ1n) is 14.7. The lowest BCUT2D eigenvalue weighted by Crippen LogP contribution is -2.45. The van der Waals surface area contributed by atoms with Gasteiger partial charge < -0.3 is 9.80 Å². The quantitative estimate of drug-likeness (QED) is 0.250. The Hall–Kier alpha value is -4.07. The zero-order chi connectivity index (χ0) is 28.9. The zero-order valence-corrected chi connectivity index (χ0v) is 23.8. The summed E-state index contributed by atoms with van der Waals surface area (Å²) in [6.07, 6.45) is 0. The standard InChI is InChI=1S/C35H36F2N4O/c36-31-9-13-33(14-10-31)40-21-17-38(18-22-40)25-27-1-5-29(6-2-27)35(42)30-7-3-28(4-8-30)26-39-19-23-41(24-20-39)34-15-11-32(37)12-16-34/h1-16H,17-26H2. The number of ketones is 1. The maximum atomic E-state index is 13.2. The lowest BCUT2D eigenvalue weighted by atomic mass is 10.0. The first-order chi connectivity index (χ1) is 20.5. The van der Waals surface area contributed by atoms with Crippen molar-refractivity contribution in [3.63, 3.8) is 0 Å². The topological polar surface area (TPSA) is 30.0 Å².